The van der Waals surface area contributed by atoms with Crippen LogP contribution >= 0.6 is 15.9 Å². The lowest BCUT2D eigenvalue weighted by molar-refractivity contribution is -0.127. The van der Waals surface area contributed by atoms with Gasteiger partial charge in [0.25, 0.3) is 0 Å². The molecule has 1 amide bonds. The molecule has 1 heterocycles. The van der Waals surface area contributed by atoms with Gasteiger partial charge in [0.1, 0.15) is 0 Å². The van der Waals surface area contributed by atoms with Gasteiger partial charge in [0, 0.05) is 10.2 Å². The van der Waals surface area contributed by atoms with E-state index < -0.39 is 0 Å². The van der Waals surface area contributed by atoms with Crippen LogP contribution in [0.4, 0.5) is 5.69 Å². The number of carbonyl (C=O) groups is 1. The van der Waals surface area contributed by atoms with Crippen LogP contribution in [0.2, 0.25) is 0 Å². The highest BCUT2D eigenvalue weighted by Gasteiger charge is 2.37. The molecule has 1 aliphatic heterocycles. The van der Waals surface area contributed by atoms with Crippen molar-refractivity contribution in [2.45, 2.75) is 26.2 Å². The first kappa shape index (κ1) is 13.6. The highest BCUT2D eigenvalue weighted by Crippen LogP contribution is 2.34. The molecule has 0 aromatic heterocycles. The van der Waals surface area contributed by atoms with Crippen LogP contribution in [-0.4, -0.2) is 19.0 Å². The molecule has 2 N–H and O–H groups in total. The van der Waals surface area contributed by atoms with Crippen molar-refractivity contribution < 1.29 is 4.79 Å². The van der Waals surface area contributed by atoms with Crippen LogP contribution in [0, 0.1) is 5.41 Å². The summed E-state index contributed by atoms with van der Waals surface area (Å²) in [6.45, 7) is 3.96. The Balaban J connectivity index is 2.10. The van der Waals surface area contributed by atoms with Crippen LogP contribution in [0.15, 0.2) is 28.7 Å². The fourth-order valence-electron chi connectivity index (χ4n) is 2.48. The van der Waals surface area contributed by atoms with Crippen LogP contribution in [0.3, 0.4) is 0 Å². The van der Waals surface area contributed by atoms with Crippen molar-refractivity contribution in [1.29, 1.82) is 0 Å². The molecule has 18 heavy (non-hydrogen) atoms. The van der Waals surface area contributed by atoms with Crippen molar-refractivity contribution in [3.05, 3.63) is 28.7 Å². The van der Waals surface area contributed by atoms with Gasteiger partial charge >= 0.3 is 0 Å². The van der Waals surface area contributed by atoms with Crippen molar-refractivity contribution in [3.8, 4) is 0 Å². The van der Waals surface area contributed by atoms with Crippen molar-refractivity contribution in [3.63, 3.8) is 0 Å². The fraction of sp³-hybridized carbons (Fsp3) is 0.500. The van der Waals surface area contributed by atoms with E-state index in [2.05, 4.69) is 33.5 Å². The van der Waals surface area contributed by atoms with Crippen LogP contribution in [-0.2, 0) is 4.79 Å². The van der Waals surface area contributed by atoms with Gasteiger partial charge in [-0.05, 0) is 50.6 Å². The van der Waals surface area contributed by atoms with E-state index in [4.69, 9.17) is 0 Å². The van der Waals surface area contributed by atoms with Gasteiger partial charge in [-0.15, -0.1) is 0 Å². The Kier molecular flexibility index (Phi) is 4.40. The maximum atomic E-state index is 12.5. The Labute approximate surface area is 116 Å². The van der Waals surface area contributed by atoms with Crippen molar-refractivity contribution >= 4 is 27.5 Å². The van der Waals surface area contributed by atoms with E-state index >= 15 is 0 Å². The first-order valence-corrected chi connectivity index (χ1v) is 7.23. The van der Waals surface area contributed by atoms with E-state index in [1.807, 2.05) is 24.3 Å². The standard InChI is InChI=1S/C14H19BrN2O/c1-2-14(6-8-16-9-7-14)13(18)17-12-5-3-4-11(15)10-12/h3-5,10,16H,2,6-9H2,1H3,(H,17,18). The second-order valence-electron chi connectivity index (χ2n) is 4.85. The molecule has 3 nitrogen and oxygen atoms in total. The Bertz CT molecular complexity index is 428. The summed E-state index contributed by atoms with van der Waals surface area (Å²) in [4.78, 5) is 12.5. The molecule has 1 saturated heterocycles. The smallest absolute Gasteiger partial charge is 0.230 e. The number of hydrogen-bond acceptors (Lipinski definition) is 2. The molecule has 0 atom stereocenters. The molecule has 98 valence electrons. The Morgan fingerprint density at radius 3 is 2.78 bits per heavy atom. The lowest BCUT2D eigenvalue weighted by Gasteiger charge is -2.35. The van der Waals surface area contributed by atoms with E-state index in [1.54, 1.807) is 0 Å². The minimum Gasteiger partial charge on any atom is -0.326 e. The van der Waals surface area contributed by atoms with Gasteiger partial charge in [0.15, 0.2) is 0 Å². The van der Waals surface area contributed by atoms with Crippen LogP contribution in [0.5, 0.6) is 0 Å². The second kappa shape index (κ2) is 5.85. The van der Waals surface area contributed by atoms with Crippen LogP contribution < -0.4 is 10.6 Å². The quantitative estimate of drug-likeness (QED) is 0.900. The summed E-state index contributed by atoms with van der Waals surface area (Å²) in [6, 6.07) is 7.74. The molecule has 4 heteroatoms. The predicted molar refractivity (Wildman–Crippen MR) is 77.6 cm³/mol. The summed E-state index contributed by atoms with van der Waals surface area (Å²) in [7, 11) is 0. The normalized spacial score (nSPS) is 18.3. The minimum absolute atomic E-state index is 0.157. The average Bonchev–Trinajstić information content (AvgIpc) is 2.39. The van der Waals surface area contributed by atoms with Crippen molar-refractivity contribution in [2.75, 3.05) is 18.4 Å². The molecule has 0 aliphatic carbocycles. The SMILES string of the molecule is CCC1(C(=O)Nc2cccc(Br)c2)CCNCC1. The molecule has 0 bridgehead atoms. The summed E-state index contributed by atoms with van der Waals surface area (Å²) < 4.78 is 0.983. The molecule has 1 aromatic carbocycles. The Morgan fingerprint density at radius 2 is 2.17 bits per heavy atom. The molecule has 0 unspecified atom stereocenters. The van der Waals surface area contributed by atoms with E-state index in [1.165, 1.54) is 0 Å². The fourth-order valence-corrected chi connectivity index (χ4v) is 2.88. The predicted octanol–water partition coefficient (Wildman–Crippen LogP) is 3.17. The molecule has 1 aromatic rings. The van der Waals surface area contributed by atoms with E-state index in [0.717, 1.165) is 42.5 Å². The van der Waals surface area contributed by atoms with Gasteiger partial charge in [0.05, 0.1) is 5.41 Å². The first-order chi connectivity index (χ1) is 8.66. The van der Waals surface area contributed by atoms with Gasteiger partial charge in [0.2, 0.25) is 5.91 Å². The third kappa shape index (κ3) is 2.93. The number of halogens is 1. The summed E-state index contributed by atoms with van der Waals surface area (Å²) in [5, 5.41) is 6.36. The van der Waals surface area contributed by atoms with Gasteiger partial charge in [-0.25, -0.2) is 0 Å². The molecule has 1 aliphatic rings. The van der Waals surface area contributed by atoms with Crippen LogP contribution in [0.25, 0.3) is 0 Å². The topological polar surface area (TPSA) is 41.1 Å². The van der Waals surface area contributed by atoms with E-state index in [0.29, 0.717) is 0 Å². The third-order valence-electron chi connectivity index (χ3n) is 3.80. The maximum absolute atomic E-state index is 12.5. The summed E-state index contributed by atoms with van der Waals surface area (Å²) in [6.07, 6.45) is 2.74. The highest BCUT2D eigenvalue weighted by molar-refractivity contribution is 9.10. The number of piperidine rings is 1. The molecular weight excluding hydrogens is 292 g/mol. The average molecular weight is 311 g/mol. The zero-order valence-corrected chi connectivity index (χ0v) is 12.2. The number of carbonyl (C=O) groups excluding carboxylic acids is 1. The zero-order chi connectivity index (χ0) is 13.0. The number of benzene rings is 1. The summed E-state index contributed by atoms with van der Waals surface area (Å²) >= 11 is 3.42. The van der Waals surface area contributed by atoms with Crippen molar-refractivity contribution in [2.24, 2.45) is 5.41 Å². The first-order valence-electron chi connectivity index (χ1n) is 6.44. The molecule has 1 fully saturated rings. The number of anilines is 1. The summed E-state index contributed by atoms with van der Waals surface area (Å²) in [5.74, 6) is 0.157. The number of hydrogen-bond donors (Lipinski definition) is 2. The minimum atomic E-state index is -0.201. The monoisotopic (exact) mass is 310 g/mol. The van der Waals surface area contributed by atoms with Gasteiger partial charge in [-0.1, -0.05) is 28.9 Å². The summed E-state index contributed by atoms with van der Waals surface area (Å²) in [5.41, 5.74) is 0.661. The zero-order valence-electron chi connectivity index (χ0n) is 10.6. The van der Waals surface area contributed by atoms with E-state index in [9.17, 15) is 4.79 Å². The third-order valence-corrected chi connectivity index (χ3v) is 4.29. The highest BCUT2D eigenvalue weighted by atomic mass is 79.9. The maximum Gasteiger partial charge on any atom is 0.230 e. The molecule has 2 rings (SSSR count). The van der Waals surface area contributed by atoms with Crippen molar-refractivity contribution in [1.82, 2.24) is 5.32 Å². The van der Waals surface area contributed by atoms with Gasteiger partial charge < -0.3 is 10.6 Å². The lowest BCUT2D eigenvalue weighted by atomic mass is 9.76. The Morgan fingerprint density at radius 1 is 1.44 bits per heavy atom. The number of rotatable bonds is 3. The molecule has 0 saturated carbocycles. The van der Waals surface area contributed by atoms with E-state index in [-0.39, 0.29) is 11.3 Å². The second-order valence-corrected chi connectivity index (χ2v) is 5.76. The number of amides is 1. The number of nitrogens with one attached hydrogen (secondary N) is 2. The molecular formula is C14H19BrN2O. The molecule has 0 spiro atoms. The van der Waals surface area contributed by atoms with Gasteiger partial charge in [-0.2, -0.15) is 0 Å². The largest absolute Gasteiger partial charge is 0.326 e. The Hall–Kier alpha value is -0.870. The lowest BCUT2D eigenvalue weighted by Crippen LogP contribution is -2.44. The molecule has 0 radical (unpaired) electrons. The van der Waals surface area contributed by atoms with Gasteiger partial charge in [-0.3, -0.25) is 4.79 Å². The van der Waals surface area contributed by atoms with Crippen LogP contribution in [0.1, 0.15) is 26.2 Å².